The fourth-order valence-corrected chi connectivity index (χ4v) is 2.60. The van der Waals surface area contributed by atoms with Gasteiger partial charge in [-0.15, -0.1) is 0 Å². The third kappa shape index (κ3) is 3.60. The smallest absolute Gasteiger partial charge is 0.0792 e. The second-order valence-electron chi connectivity index (χ2n) is 6.50. The van der Waals surface area contributed by atoms with Gasteiger partial charge in [0.2, 0.25) is 0 Å². The molecule has 0 radical (unpaired) electrons. The Morgan fingerprint density at radius 2 is 1.26 bits per heavy atom. The first-order valence-electron chi connectivity index (χ1n) is 7.65. The molecule has 0 aliphatic heterocycles. The van der Waals surface area contributed by atoms with E-state index in [9.17, 15) is 5.11 Å². The zero-order chi connectivity index (χ0) is 14.7. The molecule has 1 atom stereocenters. The lowest BCUT2D eigenvalue weighted by molar-refractivity contribution is 0.171. The first-order chi connectivity index (χ1) is 8.79. The molecular formula is C18H30O. The summed E-state index contributed by atoms with van der Waals surface area (Å²) in [5, 5.41) is 10.4. The van der Waals surface area contributed by atoms with Crippen LogP contribution in [0.5, 0.6) is 0 Å². The van der Waals surface area contributed by atoms with Crippen molar-refractivity contribution in [1.29, 1.82) is 0 Å². The van der Waals surface area contributed by atoms with Crippen LogP contribution < -0.4 is 0 Å². The number of hydrogen-bond acceptors (Lipinski definition) is 1. The maximum Gasteiger partial charge on any atom is 0.0792 e. The van der Waals surface area contributed by atoms with E-state index in [1.807, 2.05) is 0 Å². The van der Waals surface area contributed by atoms with E-state index in [0.717, 1.165) is 6.42 Å². The molecule has 1 N–H and O–H groups in total. The molecule has 19 heavy (non-hydrogen) atoms. The molecule has 0 amide bonds. The monoisotopic (exact) mass is 262 g/mol. The molecule has 1 heteroatoms. The highest BCUT2D eigenvalue weighted by atomic mass is 16.3. The van der Waals surface area contributed by atoms with Crippen molar-refractivity contribution in [3.63, 3.8) is 0 Å². The van der Waals surface area contributed by atoms with Crippen molar-refractivity contribution < 1.29 is 5.11 Å². The molecule has 0 heterocycles. The lowest BCUT2D eigenvalue weighted by Gasteiger charge is -2.25. The Bertz CT molecular complexity index is 387. The Morgan fingerprint density at radius 3 is 1.53 bits per heavy atom. The van der Waals surface area contributed by atoms with Gasteiger partial charge in [0, 0.05) is 0 Å². The Kier molecular flexibility index (Phi) is 5.61. The van der Waals surface area contributed by atoms with Crippen LogP contribution in [0.1, 0.15) is 101 Å². The summed E-state index contributed by atoms with van der Waals surface area (Å²) in [6.07, 6.45) is 0.441. The van der Waals surface area contributed by atoms with E-state index in [0.29, 0.717) is 17.8 Å². The van der Waals surface area contributed by atoms with Gasteiger partial charge in [0.15, 0.2) is 0 Å². The third-order valence-corrected chi connectivity index (χ3v) is 3.90. The topological polar surface area (TPSA) is 20.2 Å². The lowest BCUT2D eigenvalue weighted by Crippen LogP contribution is -2.10. The summed E-state index contributed by atoms with van der Waals surface area (Å²) in [6, 6.07) is 4.60. The first kappa shape index (κ1) is 16.2. The Balaban J connectivity index is 3.55. The van der Waals surface area contributed by atoms with Gasteiger partial charge in [0.05, 0.1) is 6.10 Å². The maximum atomic E-state index is 10.4. The van der Waals surface area contributed by atoms with Crippen LogP contribution in [0.15, 0.2) is 12.1 Å². The molecule has 108 valence electrons. The van der Waals surface area contributed by atoms with Gasteiger partial charge in [-0.25, -0.2) is 0 Å². The van der Waals surface area contributed by atoms with Crippen molar-refractivity contribution in [3.8, 4) is 0 Å². The average molecular weight is 262 g/mol. The summed E-state index contributed by atoms with van der Waals surface area (Å²) in [6.45, 7) is 15.4. The zero-order valence-electron chi connectivity index (χ0n) is 13.6. The molecule has 0 aliphatic rings. The largest absolute Gasteiger partial charge is 0.388 e. The summed E-state index contributed by atoms with van der Waals surface area (Å²) in [5.74, 6) is 1.43. The number of aliphatic hydroxyl groups excluding tert-OH is 1. The quantitative estimate of drug-likeness (QED) is 0.742. The van der Waals surface area contributed by atoms with E-state index < -0.39 is 0 Å². The Hall–Kier alpha value is -0.820. The van der Waals surface area contributed by atoms with Crippen LogP contribution in [0.2, 0.25) is 0 Å². The standard InChI is InChI=1S/C18H30O/c1-8-17(19)18-15(12(4)5)9-14(11(2)3)10-16(18)13(6)7/h9-13,17,19H,8H2,1-7H3. The van der Waals surface area contributed by atoms with Crippen molar-refractivity contribution in [2.24, 2.45) is 0 Å². The van der Waals surface area contributed by atoms with Gasteiger partial charge in [0.25, 0.3) is 0 Å². The fraction of sp³-hybridized carbons (Fsp3) is 0.667. The SMILES string of the molecule is CCC(O)c1c(C(C)C)cc(C(C)C)cc1C(C)C. The van der Waals surface area contributed by atoms with E-state index in [1.165, 1.54) is 22.3 Å². The summed E-state index contributed by atoms with van der Waals surface area (Å²) in [4.78, 5) is 0. The normalized spacial score (nSPS) is 13.6. The van der Waals surface area contributed by atoms with Crippen LogP contribution in [0.25, 0.3) is 0 Å². The van der Waals surface area contributed by atoms with Crippen molar-refractivity contribution in [2.75, 3.05) is 0 Å². The van der Waals surface area contributed by atoms with Gasteiger partial charge in [-0.1, -0.05) is 60.6 Å². The Labute approximate surface area is 119 Å². The minimum atomic E-state index is -0.337. The van der Waals surface area contributed by atoms with Crippen molar-refractivity contribution in [1.82, 2.24) is 0 Å². The van der Waals surface area contributed by atoms with Crippen molar-refractivity contribution >= 4 is 0 Å². The molecule has 1 rings (SSSR count). The zero-order valence-corrected chi connectivity index (χ0v) is 13.6. The van der Waals surface area contributed by atoms with Crippen LogP contribution in [-0.4, -0.2) is 5.11 Å². The molecule has 1 unspecified atom stereocenters. The highest BCUT2D eigenvalue weighted by Gasteiger charge is 2.21. The number of rotatable bonds is 5. The van der Waals surface area contributed by atoms with Gasteiger partial charge < -0.3 is 5.11 Å². The second kappa shape index (κ2) is 6.56. The maximum absolute atomic E-state index is 10.4. The average Bonchev–Trinajstić information content (AvgIpc) is 2.35. The van der Waals surface area contributed by atoms with E-state index in [4.69, 9.17) is 0 Å². The first-order valence-corrected chi connectivity index (χ1v) is 7.65. The predicted octanol–water partition coefficient (Wildman–Crippen LogP) is 5.50. The molecule has 0 fully saturated rings. The van der Waals surface area contributed by atoms with Gasteiger partial charge in [-0.3, -0.25) is 0 Å². The van der Waals surface area contributed by atoms with Gasteiger partial charge in [0.1, 0.15) is 0 Å². The number of hydrogen-bond donors (Lipinski definition) is 1. The molecule has 0 saturated heterocycles. The summed E-state index contributed by atoms with van der Waals surface area (Å²) in [7, 11) is 0. The van der Waals surface area contributed by atoms with Crippen molar-refractivity contribution in [3.05, 3.63) is 34.4 Å². The van der Waals surface area contributed by atoms with Crippen LogP contribution in [0.3, 0.4) is 0 Å². The highest BCUT2D eigenvalue weighted by Crippen LogP contribution is 2.36. The van der Waals surface area contributed by atoms with Crippen LogP contribution in [-0.2, 0) is 0 Å². The summed E-state index contributed by atoms with van der Waals surface area (Å²) < 4.78 is 0. The molecule has 0 saturated carbocycles. The molecular weight excluding hydrogens is 232 g/mol. The number of benzene rings is 1. The molecule has 1 nitrogen and oxygen atoms in total. The minimum Gasteiger partial charge on any atom is -0.388 e. The second-order valence-corrected chi connectivity index (χ2v) is 6.50. The van der Waals surface area contributed by atoms with Crippen LogP contribution in [0.4, 0.5) is 0 Å². The van der Waals surface area contributed by atoms with Crippen molar-refractivity contribution in [2.45, 2.75) is 78.7 Å². The van der Waals surface area contributed by atoms with Gasteiger partial charge in [-0.2, -0.15) is 0 Å². The summed E-state index contributed by atoms with van der Waals surface area (Å²) in [5.41, 5.74) is 5.21. The molecule has 1 aromatic carbocycles. The van der Waals surface area contributed by atoms with E-state index >= 15 is 0 Å². The fourth-order valence-electron chi connectivity index (χ4n) is 2.60. The van der Waals surface area contributed by atoms with E-state index in [2.05, 4.69) is 60.6 Å². The highest BCUT2D eigenvalue weighted by molar-refractivity contribution is 5.44. The molecule has 0 aromatic heterocycles. The molecule has 1 aromatic rings. The van der Waals surface area contributed by atoms with Gasteiger partial charge >= 0.3 is 0 Å². The lowest BCUT2D eigenvalue weighted by atomic mass is 9.82. The third-order valence-electron chi connectivity index (χ3n) is 3.90. The van der Waals surface area contributed by atoms with Gasteiger partial charge in [-0.05, 0) is 46.4 Å². The molecule has 0 aliphatic carbocycles. The molecule has 0 bridgehead atoms. The molecule has 0 spiro atoms. The minimum absolute atomic E-state index is 0.337. The number of aliphatic hydroxyl groups is 1. The van der Waals surface area contributed by atoms with Crippen LogP contribution >= 0.6 is 0 Å². The van der Waals surface area contributed by atoms with E-state index in [-0.39, 0.29) is 6.10 Å². The Morgan fingerprint density at radius 1 is 0.842 bits per heavy atom. The predicted molar refractivity (Wildman–Crippen MR) is 84.0 cm³/mol. The van der Waals surface area contributed by atoms with E-state index in [1.54, 1.807) is 0 Å². The summed E-state index contributed by atoms with van der Waals surface area (Å²) >= 11 is 0. The van der Waals surface area contributed by atoms with Crippen LogP contribution in [0, 0.1) is 0 Å².